The average molecular weight is 374 g/mol. The number of thioether (sulfide) groups is 1. The molecule has 140 valence electrons. The molecule has 0 spiro atoms. The summed E-state index contributed by atoms with van der Waals surface area (Å²) in [6.45, 7) is 2.83. The van der Waals surface area contributed by atoms with Gasteiger partial charge in [0, 0.05) is 24.3 Å². The Bertz CT molecular complexity index is 649. The summed E-state index contributed by atoms with van der Waals surface area (Å²) < 4.78 is 0. The first kappa shape index (κ1) is 21.9. The number of benzene rings is 1. The van der Waals surface area contributed by atoms with E-state index in [2.05, 4.69) is 25.0 Å². The number of carbonyl (C=O) groups excluding carboxylic acids is 1. The molecule has 0 unspecified atom stereocenters. The molecule has 26 heavy (non-hydrogen) atoms. The third-order valence-corrected chi connectivity index (χ3v) is 4.89. The van der Waals surface area contributed by atoms with Gasteiger partial charge in [-0.25, -0.2) is 0 Å². The number of carbonyl (C=O) groups is 2. The fraction of sp³-hybridized carbons (Fsp3) is 0.429. The molecule has 1 rings (SSSR count). The predicted octanol–water partition coefficient (Wildman–Crippen LogP) is 4.31. The van der Waals surface area contributed by atoms with Crippen LogP contribution in [-0.4, -0.2) is 40.7 Å². The van der Waals surface area contributed by atoms with Gasteiger partial charge in [-0.1, -0.05) is 49.6 Å². The number of hydrogen-bond acceptors (Lipinski definition) is 3. The molecule has 0 aliphatic carbocycles. The second kappa shape index (κ2) is 13.1. The van der Waals surface area contributed by atoms with Crippen molar-refractivity contribution >= 4 is 29.7 Å². The molecule has 0 radical (unpaired) electrons. The van der Waals surface area contributed by atoms with Crippen LogP contribution in [0.5, 0.6) is 0 Å². The number of rotatable bonds is 12. The Kier molecular flexibility index (Phi) is 11.0. The normalized spacial score (nSPS) is 10.6. The van der Waals surface area contributed by atoms with Crippen LogP contribution in [0, 0.1) is 12.3 Å². The third kappa shape index (κ3) is 8.77. The highest BCUT2D eigenvalue weighted by Gasteiger charge is 2.11. The lowest BCUT2D eigenvalue weighted by Gasteiger charge is -2.18. The second-order valence-corrected chi connectivity index (χ2v) is 7.00. The fourth-order valence-corrected chi connectivity index (χ4v) is 3.43. The van der Waals surface area contributed by atoms with Crippen molar-refractivity contribution in [3.05, 3.63) is 35.9 Å². The highest BCUT2D eigenvalue weighted by Crippen LogP contribution is 2.24. The Balaban J connectivity index is 2.64. The average Bonchev–Trinajstić information content (AvgIpc) is 2.62. The lowest BCUT2D eigenvalue weighted by molar-refractivity contribution is -0.137. The van der Waals surface area contributed by atoms with E-state index in [4.69, 9.17) is 11.5 Å². The van der Waals surface area contributed by atoms with E-state index in [-0.39, 0.29) is 25.3 Å². The minimum Gasteiger partial charge on any atom is -0.481 e. The van der Waals surface area contributed by atoms with Crippen LogP contribution in [0.15, 0.2) is 35.2 Å². The molecule has 0 saturated heterocycles. The number of aliphatic carboxylic acids is 1. The van der Waals surface area contributed by atoms with E-state index in [0.717, 1.165) is 11.3 Å². The van der Waals surface area contributed by atoms with Gasteiger partial charge in [0.2, 0.25) is 5.91 Å². The molecule has 0 bridgehead atoms. The number of terminal acetylenes is 1. The number of unbranched alkanes of at least 4 members (excludes halogenated alkanes) is 1. The maximum absolute atomic E-state index is 12.2. The molecule has 0 aliphatic rings. The number of nitrogens with zero attached hydrogens (tertiary/aromatic N) is 1. The van der Waals surface area contributed by atoms with E-state index in [1.165, 1.54) is 17.7 Å². The molecular formula is C21H27NO3S. The summed E-state index contributed by atoms with van der Waals surface area (Å²) in [6.07, 6.45) is 12.2. The largest absolute Gasteiger partial charge is 0.481 e. The van der Waals surface area contributed by atoms with Crippen LogP contribution < -0.4 is 0 Å². The van der Waals surface area contributed by atoms with E-state index in [0.29, 0.717) is 13.0 Å². The van der Waals surface area contributed by atoms with E-state index >= 15 is 0 Å². The second-order valence-electron chi connectivity index (χ2n) is 5.87. The van der Waals surface area contributed by atoms with E-state index in [9.17, 15) is 9.59 Å². The molecule has 0 heterocycles. The monoisotopic (exact) mass is 373 g/mol. The van der Waals surface area contributed by atoms with Crippen LogP contribution >= 0.6 is 11.8 Å². The minimum atomic E-state index is -0.890. The summed E-state index contributed by atoms with van der Waals surface area (Å²) >= 11 is 1.84. The minimum absolute atomic E-state index is 0.00612. The summed E-state index contributed by atoms with van der Waals surface area (Å²) in [4.78, 5) is 25.6. The standard InChI is InChI=1S/C21H27NO3S/c1-3-5-17-26-19-12-7-6-10-18(19)11-9-16-22(15-4-2)20(23)13-8-14-21(24)25/h2,6-7,9-12H,3,5,8,13-17H2,1H3,(H,24,25). The molecule has 1 amide bonds. The highest BCUT2D eigenvalue weighted by atomic mass is 32.2. The Morgan fingerprint density at radius 3 is 2.73 bits per heavy atom. The Hall–Kier alpha value is -2.19. The molecule has 0 aromatic heterocycles. The van der Waals surface area contributed by atoms with Crippen LogP contribution in [0.3, 0.4) is 0 Å². The molecule has 1 aromatic rings. The van der Waals surface area contributed by atoms with Crippen molar-refractivity contribution in [2.45, 2.75) is 43.9 Å². The van der Waals surface area contributed by atoms with Crippen LogP contribution in [-0.2, 0) is 9.59 Å². The molecule has 0 fully saturated rings. The number of amides is 1. The zero-order valence-electron chi connectivity index (χ0n) is 15.3. The van der Waals surface area contributed by atoms with Crippen LogP contribution in [0.4, 0.5) is 0 Å². The zero-order valence-corrected chi connectivity index (χ0v) is 16.1. The summed E-state index contributed by atoms with van der Waals surface area (Å²) in [5.41, 5.74) is 1.13. The van der Waals surface area contributed by atoms with Gasteiger partial charge in [0.15, 0.2) is 0 Å². The van der Waals surface area contributed by atoms with Gasteiger partial charge >= 0.3 is 5.97 Å². The van der Waals surface area contributed by atoms with Gasteiger partial charge in [-0.15, -0.1) is 18.2 Å². The quantitative estimate of drug-likeness (QED) is 0.337. The van der Waals surface area contributed by atoms with Gasteiger partial charge < -0.3 is 10.0 Å². The van der Waals surface area contributed by atoms with Crippen molar-refractivity contribution in [2.24, 2.45) is 0 Å². The summed E-state index contributed by atoms with van der Waals surface area (Å²) in [5.74, 6) is 2.58. The van der Waals surface area contributed by atoms with Gasteiger partial charge in [-0.3, -0.25) is 9.59 Å². The van der Waals surface area contributed by atoms with Crippen molar-refractivity contribution in [3.63, 3.8) is 0 Å². The molecular weight excluding hydrogens is 346 g/mol. The van der Waals surface area contributed by atoms with Gasteiger partial charge in [0.05, 0.1) is 6.54 Å². The fourth-order valence-electron chi connectivity index (χ4n) is 2.30. The number of carboxylic acids is 1. The molecule has 1 aromatic carbocycles. The van der Waals surface area contributed by atoms with Crippen LogP contribution in [0.2, 0.25) is 0 Å². The molecule has 0 saturated carbocycles. The third-order valence-electron chi connectivity index (χ3n) is 3.71. The van der Waals surface area contributed by atoms with Crippen molar-refractivity contribution in [1.29, 1.82) is 0 Å². The maximum atomic E-state index is 12.2. The lowest BCUT2D eigenvalue weighted by Crippen LogP contribution is -2.31. The first-order chi connectivity index (χ1) is 12.6. The first-order valence-electron chi connectivity index (χ1n) is 8.89. The van der Waals surface area contributed by atoms with Crippen molar-refractivity contribution < 1.29 is 14.7 Å². The van der Waals surface area contributed by atoms with Crippen molar-refractivity contribution in [3.8, 4) is 12.3 Å². The number of carboxylic acid groups (broad SMARTS) is 1. The number of hydrogen-bond donors (Lipinski definition) is 1. The summed E-state index contributed by atoms with van der Waals surface area (Å²) in [7, 11) is 0. The van der Waals surface area contributed by atoms with Gasteiger partial charge in [-0.05, 0) is 30.2 Å². The van der Waals surface area contributed by atoms with Crippen LogP contribution in [0.25, 0.3) is 6.08 Å². The highest BCUT2D eigenvalue weighted by molar-refractivity contribution is 7.99. The van der Waals surface area contributed by atoms with Crippen LogP contribution in [0.1, 0.15) is 44.6 Å². The zero-order chi connectivity index (χ0) is 19.2. The Morgan fingerprint density at radius 1 is 1.27 bits per heavy atom. The molecule has 5 heteroatoms. The van der Waals surface area contributed by atoms with E-state index in [1.54, 1.807) is 4.90 Å². The molecule has 0 aliphatic heterocycles. The smallest absolute Gasteiger partial charge is 0.303 e. The van der Waals surface area contributed by atoms with E-state index < -0.39 is 5.97 Å². The maximum Gasteiger partial charge on any atom is 0.303 e. The Morgan fingerprint density at radius 2 is 2.04 bits per heavy atom. The summed E-state index contributed by atoms with van der Waals surface area (Å²) in [5, 5.41) is 8.67. The topological polar surface area (TPSA) is 57.6 Å². The van der Waals surface area contributed by atoms with Crippen molar-refractivity contribution in [1.82, 2.24) is 4.90 Å². The first-order valence-corrected chi connectivity index (χ1v) is 9.88. The van der Waals surface area contributed by atoms with Crippen molar-refractivity contribution in [2.75, 3.05) is 18.8 Å². The molecule has 4 nitrogen and oxygen atoms in total. The van der Waals surface area contributed by atoms with Gasteiger partial charge in [-0.2, -0.15) is 0 Å². The SMILES string of the molecule is C#CCN(CC=Cc1ccccc1SCCCC)C(=O)CCCC(=O)O. The summed E-state index contributed by atoms with van der Waals surface area (Å²) in [6, 6.07) is 8.20. The Labute approximate surface area is 160 Å². The van der Waals surface area contributed by atoms with E-state index in [1.807, 2.05) is 36.0 Å². The molecule has 0 atom stereocenters. The van der Waals surface area contributed by atoms with Gasteiger partial charge in [0.25, 0.3) is 0 Å². The predicted molar refractivity (Wildman–Crippen MR) is 108 cm³/mol. The lowest BCUT2D eigenvalue weighted by atomic mass is 10.2. The van der Waals surface area contributed by atoms with Gasteiger partial charge in [0.1, 0.15) is 0 Å². The molecule has 1 N–H and O–H groups in total.